The maximum absolute atomic E-state index is 12.6. The number of amides is 4. The Morgan fingerprint density at radius 3 is 2.82 bits per heavy atom. The van der Waals surface area contributed by atoms with Crippen LogP contribution in [0, 0.1) is 6.92 Å². The first kappa shape index (κ1) is 18.8. The summed E-state index contributed by atoms with van der Waals surface area (Å²) in [6, 6.07) is 4.88. The van der Waals surface area contributed by atoms with Crippen molar-refractivity contribution >= 4 is 40.4 Å². The van der Waals surface area contributed by atoms with E-state index in [0.29, 0.717) is 36.4 Å². The highest BCUT2D eigenvalue weighted by Crippen LogP contribution is 2.35. The Balaban J connectivity index is 1.33. The number of rotatable bonds is 5. The topological polar surface area (TPSA) is 91.7 Å². The number of fused-ring (bicyclic) bond motifs is 1. The number of hydrogen-bond donors (Lipinski definition) is 2. The zero-order valence-corrected chi connectivity index (χ0v) is 16.4. The summed E-state index contributed by atoms with van der Waals surface area (Å²) in [5, 5.41) is 7.04. The third kappa shape index (κ3) is 3.13. The molecule has 1 aromatic heterocycles. The first-order chi connectivity index (χ1) is 13.4. The van der Waals surface area contributed by atoms with Gasteiger partial charge >= 0.3 is 6.03 Å². The number of urea groups is 1. The average Bonchev–Trinajstić information content (AvgIpc) is 3.32. The van der Waals surface area contributed by atoms with Crippen LogP contribution in [0.25, 0.3) is 11.0 Å². The van der Waals surface area contributed by atoms with Gasteiger partial charge in [-0.3, -0.25) is 14.5 Å². The van der Waals surface area contributed by atoms with Crippen molar-refractivity contribution in [3.8, 4) is 0 Å². The summed E-state index contributed by atoms with van der Waals surface area (Å²) in [4.78, 5) is 38.5. The number of furan rings is 1. The Hall–Kier alpha value is -2.54. The van der Waals surface area contributed by atoms with Crippen molar-refractivity contribution in [3.63, 3.8) is 0 Å². The first-order valence-corrected chi connectivity index (χ1v) is 9.90. The Kier molecular flexibility index (Phi) is 4.79. The molecule has 148 valence electrons. The van der Waals surface area contributed by atoms with Crippen LogP contribution in [0.5, 0.6) is 0 Å². The van der Waals surface area contributed by atoms with Crippen LogP contribution in [0.1, 0.15) is 48.2 Å². The summed E-state index contributed by atoms with van der Waals surface area (Å²) in [7, 11) is 0. The summed E-state index contributed by atoms with van der Waals surface area (Å²) in [5.41, 5.74) is 0.646. The fourth-order valence-electron chi connectivity index (χ4n) is 4.13. The molecule has 2 heterocycles. The van der Waals surface area contributed by atoms with Crippen LogP contribution in [-0.4, -0.2) is 41.4 Å². The summed E-state index contributed by atoms with van der Waals surface area (Å²) in [6.45, 7) is 2.42. The van der Waals surface area contributed by atoms with Crippen LogP contribution < -0.4 is 10.6 Å². The normalized spacial score (nSPS) is 18.3. The lowest BCUT2D eigenvalue weighted by Crippen LogP contribution is -2.44. The van der Waals surface area contributed by atoms with Gasteiger partial charge in [-0.2, -0.15) is 0 Å². The molecule has 0 bridgehead atoms. The van der Waals surface area contributed by atoms with E-state index < -0.39 is 5.54 Å². The number of nitrogens with zero attached hydrogens (tertiary/aromatic N) is 1. The van der Waals surface area contributed by atoms with E-state index in [1.807, 2.05) is 6.92 Å². The Morgan fingerprint density at radius 1 is 1.32 bits per heavy atom. The zero-order chi connectivity index (χ0) is 19.9. The van der Waals surface area contributed by atoms with Gasteiger partial charge in [-0.25, -0.2) is 4.79 Å². The van der Waals surface area contributed by atoms with Gasteiger partial charge < -0.3 is 15.1 Å². The van der Waals surface area contributed by atoms with Crippen LogP contribution in [0.4, 0.5) is 4.79 Å². The van der Waals surface area contributed by atoms with Gasteiger partial charge in [0.25, 0.3) is 11.8 Å². The van der Waals surface area contributed by atoms with E-state index in [-0.39, 0.29) is 30.2 Å². The first-order valence-electron chi connectivity index (χ1n) is 9.52. The predicted octanol–water partition coefficient (Wildman–Crippen LogP) is 3.38. The molecular formula is C20H22ClN3O4. The number of nitrogens with one attached hydrogen (secondary N) is 2. The van der Waals surface area contributed by atoms with Gasteiger partial charge in [0.15, 0.2) is 5.76 Å². The van der Waals surface area contributed by atoms with E-state index in [4.69, 9.17) is 16.0 Å². The van der Waals surface area contributed by atoms with Crippen LogP contribution in [0.2, 0.25) is 5.02 Å². The SMILES string of the molecule is Cc1c(C(=O)NCCCN2C(=O)NC3(CCCC3)C2=O)oc2ccc(Cl)cc12. The largest absolute Gasteiger partial charge is 0.451 e. The molecule has 1 saturated carbocycles. The second-order valence-corrected chi connectivity index (χ2v) is 7.92. The van der Waals surface area contributed by atoms with Crippen molar-refractivity contribution in [2.45, 2.75) is 44.6 Å². The Bertz CT molecular complexity index is 962. The lowest BCUT2D eigenvalue weighted by atomic mass is 9.98. The molecule has 2 N–H and O–H groups in total. The quantitative estimate of drug-likeness (QED) is 0.591. The van der Waals surface area contributed by atoms with E-state index in [2.05, 4.69) is 10.6 Å². The van der Waals surface area contributed by atoms with Gasteiger partial charge in [-0.05, 0) is 44.4 Å². The molecule has 4 rings (SSSR count). The monoisotopic (exact) mass is 403 g/mol. The average molecular weight is 404 g/mol. The number of imide groups is 1. The molecule has 4 amide bonds. The van der Waals surface area contributed by atoms with Gasteiger partial charge in [0.05, 0.1) is 0 Å². The van der Waals surface area contributed by atoms with E-state index >= 15 is 0 Å². The van der Waals surface area contributed by atoms with Gasteiger partial charge in [-0.15, -0.1) is 0 Å². The number of halogens is 1. The fourth-order valence-corrected chi connectivity index (χ4v) is 4.30. The minimum atomic E-state index is -0.688. The summed E-state index contributed by atoms with van der Waals surface area (Å²) in [5.74, 6) is -0.210. The molecule has 2 fully saturated rings. The highest BCUT2D eigenvalue weighted by molar-refractivity contribution is 6.31. The minimum Gasteiger partial charge on any atom is -0.451 e. The number of aryl methyl sites for hydroxylation is 1. The third-order valence-corrected chi connectivity index (χ3v) is 5.89. The Morgan fingerprint density at radius 2 is 2.07 bits per heavy atom. The molecule has 28 heavy (non-hydrogen) atoms. The van der Waals surface area contributed by atoms with E-state index in [1.165, 1.54) is 4.90 Å². The number of carbonyl (C=O) groups excluding carboxylic acids is 3. The highest BCUT2D eigenvalue weighted by atomic mass is 35.5. The minimum absolute atomic E-state index is 0.133. The van der Waals surface area contributed by atoms with E-state index in [0.717, 1.165) is 23.8 Å². The van der Waals surface area contributed by atoms with Crippen LogP contribution in [0.3, 0.4) is 0 Å². The third-order valence-electron chi connectivity index (χ3n) is 5.65. The number of benzene rings is 1. The second kappa shape index (κ2) is 7.13. The lowest BCUT2D eigenvalue weighted by Gasteiger charge is -2.20. The molecule has 0 atom stereocenters. The molecule has 0 radical (unpaired) electrons. The van der Waals surface area contributed by atoms with Gasteiger partial charge in [0.1, 0.15) is 11.1 Å². The molecular weight excluding hydrogens is 382 g/mol. The van der Waals surface area contributed by atoms with Gasteiger partial charge in [-0.1, -0.05) is 24.4 Å². The fraction of sp³-hybridized carbons (Fsp3) is 0.450. The van der Waals surface area contributed by atoms with Crippen molar-refractivity contribution in [3.05, 3.63) is 34.5 Å². The molecule has 1 spiro atoms. The predicted molar refractivity (Wildman–Crippen MR) is 104 cm³/mol. The smallest absolute Gasteiger partial charge is 0.325 e. The van der Waals surface area contributed by atoms with Crippen molar-refractivity contribution in [2.24, 2.45) is 0 Å². The standard InChI is InChI=1S/C20H22ClN3O4/c1-12-14-11-13(21)5-6-15(14)28-16(12)17(25)22-9-4-10-24-18(26)20(23-19(24)27)7-2-3-8-20/h5-6,11H,2-4,7-10H2,1H3,(H,22,25)(H,23,27). The maximum atomic E-state index is 12.6. The zero-order valence-electron chi connectivity index (χ0n) is 15.6. The maximum Gasteiger partial charge on any atom is 0.325 e. The van der Waals surface area contributed by atoms with Crippen LogP contribution in [-0.2, 0) is 4.79 Å². The molecule has 2 aromatic rings. The summed E-state index contributed by atoms with van der Waals surface area (Å²) in [6.07, 6.45) is 3.81. The van der Waals surface area contributed by atoms with E-state index in [9.17, 15) is 14.4 Å². The van der Waals surface area contributed by atoms with Crippen molar-refractivity contribution in [1.82, 2.24) is 15.5 Å². The van der Waals surface area contributed by atoms with E-state index in [1.54, 1.807) is 18.2 Å². The van der Waals surface area contributed by atoms with Crippen LogP contribution >= 0.6 is 11.6 Å². The van der Waals surface area contributed by atoms with Gasteiger partial charge in [0.2, 0.25) is 0 Å². The van der Waals surface area contributed by atoms with Crippen molar-refractivity contribution < 1.29 is 18.8 Å². The molecule has 7 nitrogen and oxygen atoms in total. The second-order valence-electron chi connectivity index (χ2n) is 7.48. The molecule has 1 aromatic carbocycles. The number of carbonyl (C=O) groups is 3. The van der Waals surface area contributed by atoms with Gasteiger partial charge in [0, 0.05) is 29.1 Å². The lowest BCUT2D eigenvalue weighted by molar-refractivity contribution is -0.131. The molecule has 1 aliphatic heterocycles. The Labute approximate surface area is 167 Å². The molecule has 2 aliphatic rings. The van der Waals surface area contributed by atoms with Crippen molar-refractivity contribution in [1.29, 1.82) is 0 Å². The van der Waals surface area contributed by atoms with Crippen LogP contribution in [0.15, 0.2) is 22.6 Å². The summed E-state index contributed by atoms with van der Waals surface area (Å²) < 4.78 is 5.64. The molecule has 8 heteroatoms. The molecule has 1 aliphatic carbocycles. The summed E-state index contributed by atoms with van der Waals surface area (Å²) >= 11 is 6.01. The molecule has 1 saturated heterocycles. The molecule has 0 unspecified atom stereocenters. The highest BCUT2D eigenvalue weighted by Gasteiger charge is 2.51. The van der Waals surface area contributed by atoms with Crippen molar-refractivity contribution in [2.75, 3.05) is 13.1 Å². The number of hydrogen-bond acceptors (Lipinski definition) is 4.